The van der Waals surface area contributed by atoms with Crippen LogP contribution in [0.5, 0.6) is 17.2 Å². The van der Waals surface area contributed by atoms with E-state index >= 15 is 0 Å². The summed E-state index contributed by atoms with van der Waals surface area (Å²) in [5.41, 5.74) is 2.52. The van der Waals surface area contributed by atoms with Crippen LogP contribution in [0.2, 0.25) is 0 Å². The molecule has 1 N–H and O–H groups in total. The van der Waals surface area contributed by atoms with Crippen molar-refractivity contribution in [1.82, 2.24) is 0 Å². The Hall–Kier alpha value is -2.75. The van der Waals surface area contributed by atoms with Crippen LogP contribution in [-0.2, 0) is 6.42 Å². The lowest BCUT2D eigenvalue weighted by molar-refractivity contribution is 0.104. The molecule has 0 aliphatic rings. The number of phenolic OH excluding ortho intramolecular Hbond substituents is 1. The molecular weight excluding hydrogens is 352 g/mol. The van der Waals surface area contributed by atoms with Gasteiger partial charge in [0.25, 0.3) is 0 Å². The fourth-order valence-corrected chi connectivity index (χ4v) is 2.89. The second-order valence-corrected chi connectivity index (χ2v) is 7.32. The fraction of sp³-hybridized carbons (Fsp3) is 0.375. The number of carbonyl (C=O) groups excluding carboxylic acids is 1. The molecule has 2 rings (SSSR count). The maximum absolute atomic E-state index is 12.5. The Morgan fingerprint density at radius 3 is 2.25 bits per heavy atom. The number of ketones is 1. The van der Waals surface area contributed by atoms with E-state index in [9.17, 15) is 9.90 Å². The monoisotopic (exact) mass is 382 g/mol. The van der Waals surface area contributed by atoms with Crippen molar-refractivity contribution in [2.24, 2.45) is 0 Å². The summed E-state index contributed by atoms with van der Waals surface area (Å²) in [6.07, 6.45) is 5.27. The molecule has 0 saturated heterocycles. The molecule has 4 nitrogen and oxygen atoms in total. The highest BCUT2D eigenvalue weighted by Gasteiger charge is 2.14. The number of hydrogen-bond acceptors (Lipinski definition) is 4. The molecule has 0 aromatic heterocycles. The van der Waals surface area contributed by atoms with Gasteiger partial charge in [-0.15, -0.1) is 0 Å². The first-order valence-corrected chi connectivity index (χ1v) is 9.81. The Kier molecular flexibility index (Phi) is 7.68. The minimum atomic E-state index is -0.121. The molecule has 0 fully saturated rings. The predicted molar refractivity (Wildman–Crippen MR) is 113 cm³/mol. The fourth-order valence-electron chi connectivity index (χ4n) is 2.89. The first kappa shape index (κ1) is 21.5. The predicted octanol–water partition coefficient (Wildman–Crippen LogP) is 5.82. The van der Waals surface area contributed by atoms with Crippen LogP contribution in [-0.4, -0.2) is 23.1 Å². The topological polar surface area (TPSA) is 55.8 Å². The van der Waals surface area contributed by atoms with Gasteiger partial charge in [0.1, 0.15) is 17.2 Å². The van der Waals surface area contributed by atoms with Crippen LogP contribution < -0.4 is 9.47 Å². The molecule has 2 aromatic rings. The molecule has 4 heteroatoms. The molecule has 2 aromatic carbocycles. The third-order valence-electron chi connectivity index (χ3n) is 4.02. The van der Waals surface area contributed by atoms with Gasteiger partial charge in [0.05, 0.1) is 12.2 Å². The first-order valence-electron chi connectivity index (χ1n) is 9.81. The lowest BCUT2D eigenvalue weighted by Crippen LogP contribution is -2.10. The summed E-state index contributed by atoms with van der Waals surface area (Å²) < 4.78 is 11.9. The lowest BCUT2D eigenvalue weighted by Gasteiger charge is -2.19. The van der Waals surface area contributed by atoms with Gasteiger partial charge >= 0.3 is 0 Å². The molecular formula is C24H30O4. The molecule has 0 spiro atoms. The van der Waals surface area contributed by atoms with E-state index in [2.05, 4.69) is 6.92 Å². The average molecular weight is 383 g/mol. The quantitative estimate of drug-likeness (QED) is 0.439. The summed E-state index contributed by atoms with van der Waals surface area (Å²) in [6, 6.07) is 10.1. The van der Waals surface area contributed by atoms with Crippen molar-refractivity contribution in [1.29, 1.82) is 0 Å². The number of allylic oxidation sites excluding steroid dienone is 1. The smallest absolute Gasteiger partial charge is 0.185 e. The van der Waals surface area contributed by atoms with E-state index in [1.54, 1.807) is 18.2 Å². The minimum absolute atomic E-state index is 0.0411. The van der Waals surface area contributed by atoms with Gasteiger partial charge in [-0.25, -0.2) is 0 Å². The summed E-state index contributed by atoms with van der Waals surface area (Å²) >= 11 is 0. The number of benzene rings is 2. The molecule has 0 aliphatic heterocycles. The van der Waals surface area contributed by atoms with Crippen molar-refractivity contribution in [2.45, 2.75) is 59.7 Å². The lowest BCUT2D eigenvalue weighted by atomic mass is 9.99. The molecule has 0 amide bonds. The number of carbonyl (C=O) groups is 1. The molecule has 0 unspecified atom stereocenters. The van der Waals surface area contributed by atoms with Crippen molar-refractivity contribution in [2.75, 3.05) is 0 Å². The van der Waals surface area contributed by atoms with Gasteiger partial charge in [-0.2, -0.15) is 0 Å². The number of rotatable bonds is 9. The Morgan fingerprint density at radius 2 is 1.68 bits per heavy atom. The maximum atomic E-state index is 12.5. The van der Waals surface area contributed by atoms with E-state index in [0.717, 1.165) is 35.5 Å². The Morgan fingerprint density at radius 1 is 1.04 bits per heavy atom. The number of aromatic hydroxyl groups is 1. The van der Waals surface area contributed by atoms with Crippen LogP contribution in [0, 0.1) is 0 Å². The highest BCUT2D eigenvalue weighted by Crippen LogP contribution is 2.32. The highest BCUT2D eigenvalue weighted by molar-refractivity contribution is 6.07. The Balaban J connectivity index is 2.43. The SMILES string of the molecule is CCCc1c(C=CC(=O)c2ccc(O)cc2)cc(OC(C)C)cc1OC(C)C. The van der Waals surface area contributed by atoms with Gasteiger partial charge < -0.3 is 14.6 Å². The molecule has 0 bridgehead atoms. The second-order valence-electron chi connectivity index (χ2n) is 7.32. The minimum Gasteiger partial charge on any atom is -0.508 e. The largest absolute Gasteiger partial charge is 0.508 e. The molecule has 150 valence electrons. The Bertz CT molecular complexity index is 817. The van der Waals surface area contributed by atoms with Crippen molar-refractivity contribution in [3.05, 3.63) is 59.2 Å². The molecule has 0 saturated carbocycles. The van der Waals surface area contributed by atoms with E-state index in [4.69, 9.17) is 9.47 Å². The van der Waals surface area contributed by atoms with Gasteiger partial charge in [0.15, 0.2) is 5.78 Å². The van der Waals surface area contributed by atoms with Crippen LogP contribution in [0.4, 0.5) is 0 Å². The third-order valence-corrected chi connectivity index (χ3v) is 4.02. The van der Waals surface area contributed by atoms with Crippen molar-refractivity contribution in [3.63, 3.8) is 0 Å². The van der Waals surface area contributed by atoms with Gasteiger partial charge in [0, 0.05) is 17.2 Å². The summed E-state index contributed by atoms with van der Waals surface area (Å²) in [5.74, 6) is 1.54. The van der Waals surface area contributed by atoms with Crippen molar-refractivity contribution >= 4 is 11.9 Å². The number of phenols is 1. The van der Waals surface area contributed by atoms with Crippen LogP contribution in [0.3, 0.4) is 0 Å². The standard InChI is InChI=1S/C24H30O4/c1-6-7-22-19(10-13-23(26)18-8-11-20(25)12-9-18)14-21(27-16(2)3)15-24(22)28-17(4)5/h8-17,25H,6-7H2,1-5H3. The van der Waals surface area contributed by atoms with E-state index in [-0.39, 0.29) is 23.7 Å². The van der Waals surface area contributed by atoms with E-state index < -0.39 is 0 Å². The average Bonchev–Trinajstić information content (AvgIpc) is 2.61. The van der Waals surface area contributed by atoms with Crippen molar-refractivity contribution < 1.29 is 19.4 Å². The van der Waals surface area contributed by atoms with Gasteiger partial charge in [-0.05, 0) is 76.1 Å². The summed E-state index contributed by atoms with van der Waals surface area (Å²) in [5, 5.41) is 9.39. The molecule has 28 heavy (non-hydrogen) atoms. The molecule has 0 heterocycles. The third kappa shape index (κ3) is 6.15. The zero-order valence-corrected chi connectivity index (χ0v) is 17.4. The zero-order chi connectivity index (χ0) is 20.7. The number of hydrogen-bond donors (Lipinski definition) is 1. The number of ether oxygens (including phenoxy) is 2. The molecule has 0 aliphatic carbocycles. The van der Waals surface area contributed by atoms with Crippen LogP contribution in [0.15, 0.2) is 42.5 Å². The van der Waals surface area contributed by atoms with Crippen LogP contribution in [0.25, 0.3) is 6.08 Å². The van der Waals surface area contributed by atoms with Crippen LogP contribution in [0.1, 0.15) is 62.5 Å². The van der Waals surface area contributed by atoms with Crippen molar-refractivity contribution in [3.8, 4) is 17.2 Å². The van der Waals surface area contributed by atoms with Crippen LogP contribution >= 0.6 is 0 Å². The Labute approximate surface area is 167 Å². The summed E-state index contributed by atoms with van der Waals surface area (Å²) in [4.78, 5) is 12.5. The van der Waals surface area contributed by atoms with Gasteiger partial charge in [-0.1, -0.05) is 19.4 Å². The van der Waals surface area contributed by atoms with E-state index in [0.29, 0.717) is 5.56 Å². The second kappa shape index (κ2) is 9.98. The summed E-state index contributed by atoms with van der Waals surface area (Å²) in [6.45, 7) is 10.1. The van der Waals surface area contributed by atoms with E-state index in [1.165, 1.54) is 12.1 Å². The summed E-state index contributed by atoms with van der Waals surface area (Å²) in [7, 11) is 0. The maximum Gasteiger partial charge on any atom is 0.185 e. The molecule has 0 radical (unpaired) electrons. The molecule has 0 atom stereocenters. The van der Waals surface area contributed by atoms with E-state index in [1.807, 2.05) is 45.9 Å². The van der Waals surface area contributed by atoms with Gasteiger partial charge in [0.2, 0.25) is 0 Å². The van der Waals surface area contributed by atoms with Gasteiger partial charge in [-0.3, -0.25) is 4.79 Å². The zero-order valence-electron chi connectivity index (χ0n) is 17.4. The normalized spacial score (nSPS) is 11.4. The highest BCUT2D eigenvalue weighted by atomic mass is 16.5. The first-order chi connectivity index (χ1) is 13.3.